The smallest absolute Gasteiger partial charge is 0.393 e. The van der Waals surface area contributed by atoms with Crippen LogP contribution in [0.5, 0.6) is 0 Å². The number of nitrogens with two attached hydrogens (primary N) is 1. The van der Waals surface area contributed by atoms with E-state index < -0.39 is 26.1 Å². The summed E-state index contributed by atoms with van der Waals surface area (Å²) in [5.41, 5.74) is 5.71. The molecule has 2 unspecified atom stereocenters. The normalized spacial score (nSPS) is 18.6. The summed E-state index contributed by atoms with van der Waals surface area (Å²) in [6.07, 6.45) is -1.35. The van der Waals surface area contributed by atoms with Gasteiger partial charge in [0.1, 0.15) is 0 Å². The monoisotopic (exact) mass is 309 g/mol. The van der Waals surface area contributed by atoms with Crippen molar-refractivity contribution in [1.82, 2.24) is 0 Å². The third-order valence-electron chi connectivity index (χ3n) is 3.62. The van der Waals surface area contributed by atoms with E-state index in [0.717, 1.165) is 0 Å². The van der Waals surface area contributed by atoms with E-state index in [-0.39, 0.29) is 0 Å². The summed E-state index contributed by atoms with van der Waals surface area (Å²) in [7, 11) is -3.30. The van der Waals surface area contributed by atoms with Crippen LogP contribution in [-0.4, -0.2) is 57.6 Å². The Labute approximate surface area is 123 Å². The number of aliphatic hydroxyl groups is 2. The summed E-state index contributed by atoms with van der Waals surface area (Å²) in [5.74, 6) is 0. The van der Waals surface area contributed by atoms with E-state index in [2.05, 4.69) is 0 Å². The fraction of sp³-hybridized carbons (Fsp3) is 1.00. The highest BCUT2D eigenvalue weighted by molar-refractivity contribution is 6.64. The fourth-order valence-electron chi connectivity index (χ4n) is 2.77. The predicted molar refractivity (Wildman–Crippen MR) is 80.4 cm³/mol. The molecule has 0 saturated carbocycles. The number of hydrogen-bond acceptors (Lipinski definition) is 6. The fourth-order valence-corrected chi connectivity index (χ4v) is 6.44. The Bertz CT molecular complexity index is 238. The molecule has 0 rings (SSSR count). The number of hydrogen-bond donors (Lipinski definition) is 3. The lowest BCUT2D eigenvalue weighted by molar-refractivity contribution is -0.0405. The summed E-state index contributed by atoms with van der Waals surface area (Å²) in [5, 5.41) is 19.7. The van der Waals surface area contributed by atoms with Crippen molar-refractivity contribution >= 4 is 8.80 Å². The van der Waals surface area contributed by atoms with Crippen molar-refractivity contribution in [2.45, 2.75) is 58.3 Å². The molecule has 0 aromatic heterocycles. The van der Waals surface area contributed by atoms with Crippen LogP contribution in [-0.2, 0) is 13.3 Å². The Morgan fingerprint density at radius 1 is 0.950 bits per heavy atom. The molecule has 0 aromatic carbocycles. The first-order valence-corrected chi connectivity index (χ1v) is 9.08. The van der Waals surface area contributed by atoms with E-state index in [1.54, 1.807) is 13.8 Å². The Balaban J connectivity index is 5.91. The molecule has 0 aliphatic heterocycles. The Morgan fingerprint density at radius 3 is 1.50 bits per heavy atom. The van der Waals surface area contributed by atoms with Gasteiger partial charge in [0.25, 0.3) is 0 Å². The summed E-state index contributed by atoms with van der Waals surface area (Å²) in [6, 6.07) is 0. The molecule has 0 fully saturated rings. The SMILES string of the molecule is CCO[Si](OCC)(OCC)C(CCN)(C(C)O)C(C)O. The van der Waals surface area contributed by atoms with Gasteiger partial charge in [0.15, 0.2) is 0 Å². The van der Waals surface area contributed by atoms with E-state index in [1.807, 2.05) is 20.8 Å². The molecular formula is C13H31NO5Si. The van der Waals surface area contributed by atoms with Crippen molar-refractivity contribution in [2.24, 2.45) is 5.73 Å². The summed E-state index contributed by atoms with van der Waals surface area (Å²) in [4.78, 5) is 0. The van der Waals surface area contributed by atoms with E-state index in [9.17, 15) is 10.2 Å². The lowest BCUT2D eigenvalue weighted by atomic mass is 9.92. The maximum absolute atomic E-state index is 10.4. The lowest BCUT2D eigenvalue weighted by Crippen LogP contribution is -2.64. The zero-order chi connectivity index (χ0) is 15.8. The molecule has 20 heavy (non-hydrogen) atoms. The van der Waals surface area contributed by atoms with Crippen LogP contribution >= 0.6 is 0 Å². The van der Waals surface area contributed by atoms with Crippen LogP contribution in [0.3, 0.4) is 0 Å². The Kier molecular flexibility index (Phi) is 9.08. The molecule has 122 valence electrons. The predicted octanol–water partition coefficient (Wildman–Crippen LogP) is 0.886. The molecule has 0 saturated heterocycles. The molecule has 6 nitrogen and oxygen atoms in total. The van der Waals surface area contributed by atoms with Crippen molar-refractivity contribution < 1.29 is 23.5 Å². The van der Waals surface area contributed by atoms with Gasteiger partial charge >= 0.3 is 8.80 Å². The third-order valence-corrected chi connectivity index (χ3v) is 7.85. The molecule has 0 aliphatic rings. The van der Waals surface area contributed by atoms with Gasteiger partial charge in [0, 0.05) is 19.8 Å². The van der Waals surface area contributed by atoms with Crippen LogP contribution in [0.2, 0.25) is 5.04 Å². The molecule has 0 radical (unpaired) electrons. The molecule has 7 heteroatoms. The van der Waals surface area contributed by atoms with Gasteiger partial charge in [-0.25, -0.2) is 0 Å². The second-order valence-electron chi connectivity index (χ2n) is 4.79. The average Bonchev–Trinajstić information content (AvgIpc) is 2.35. The molecule has 4 N–H and O–H groups in total. The van der Waals surface area contributed by atoms with Crippen molar-refractivity contribution in [3.8, 4) is 0 Å². The summed E-state index contributed by atoms with van der Waals surface area (Å²) >= 11 is 0. The highest BCUT2D eigenvalue weighted by Crippen LogP contribution is 2.49. The highest BCUT2D eigenvalue weighted by atomic mass is 28.4. The van der Waals surface area contributed by atoms with Crippen LogP contribution in [0.4, 0.5) is 0 Å². The van der Waals surface area contributed by atoms with Gasteiger partial charge in [-0.05, 0) is 47.6 Å². The van der Waals surface area contributed by atoms with Crippen LogP contribution < -0.4 is 5.73 Å². The average molecular weight is 309 g/mol. The third kappa shape index (κ3) is 3.79. The standard InChI is InChI=1S/C13H31NO5Si/c1-6-17-20(18-7-2,19-8-3)13(9-10-14,11(4)15)12(5)16/h11-12,15-16H,6-10,14H2,1-5H3. The van der Waals surface area contributed by atoms with E-state index in [4.69, 9.17) is 19.0 Å². The molecule has 0 heterocycles. The zero-order valence-corrected chi connectivity index (χ0v) is 14.4. The van der Waals surface area contributed by atoms with Gasteiger partial charge in [-0.2, -0.15) is 0 Å². The molecule has 2 atom stereocenters. The van der Waals surface area contributed by atoms with Crippen LogP contribution in [0.25, 0.3) is 0 Å². The van der Waals surface area contributed by atoms with Crippen LogP contribution in [0.15, 0.2) is 0 Å². The second kappa shape index (κ2) is 9.09. The van der Waals surface area contributed by atoms with Crippen LogP contribution in [0, 0.1) is 0 Å². The zero-order valence-electron chi connectivity index (χ0n) is 13.4. The van der Waals surface area contributed by atoms with Crippen molar-refractivity contribution in [2.75, 3.05) is 26.4 Å². The lowest BCUT2D eigenvalue weighted by Gasteiger charge is -2.48. The van der Waals surface area contributed by atoms with Crippen molar-refractivity contribution in [3.63, 3.8) is 0 Å². The van der Waals surface area contributed by atoms with E-state index in [1.165, 1.54) is 0 Å². The van der Waals surface area contributed by atoms with Gasteiger partial charge in [0.05, 0.1) is 17.2 Å². The van der Waals surface area contributed by atoms with E-state index in [0.29, 0.717) is 32.8 Å². The van der Waals surface area contributed by atoms with Crippen molar-refractivity contribution in [1.29, 1.82) is 0 Å². The second-order valence-corrected chi connectivity index (χ2v) is 7.70. The Hall–Kier alpha value is -0.0231. The highest BCUT2D eigenvalue weighted by Gasteiger charge is 2.65. The van der Waals surface area contributed by atoms with Gasteiger partial charge in [0.2, 0.25) is 0 Å². The maximum Gasteiger partial charge on any atom is 0.512 e. The van der Waals surface area contributed by atoms with Crippen molar-refractivity contribution in [3.05, 3.63) is 0 Å². The molecule has 0 aromatic rings. The molecule has 0 bridgehead atoms. The molecule has 0 spiro atoms. The van der Waals surface area contributed by atoms with Gasteiger partial charge in [-0.1, -0.05) is 0 Å². The summed E-state index contributed by atoms with van der Waals surface area (Å²) < 4.78 is 17.6. The first-order chi connectivity index (χ1) is 9.38. The van der Waals surface area contributed by atoms with Gasteiger partial charge in [-0.3, -0.25) is 0 Å². The van der Waals surface area contributed by atoms with E-state index >= 15 is 0 Å². The van der Waals surface area contributed by atoms with Gasteiger partial charge < -0.3 is 29.2 Å². The molecular weight excluding hydrogens is 278 g/mol. The first-order valence-electron chi connectivity index (χ1n) is 7.36. The maximum atomic E-state index is 10.4. The number of rotatable bonds is 11. The first kappa shape index (κ1) is 20.0. The minimum Gasteiger partial charge on any atom is -0.393 e. The summed E-state index contributed by atoms with van der Waals surface area (Å²) in [6.45, 7) is 10.2. The van der Waals surface area contributed by atoms with Gasteiger partial charge in [-0.15, -0.1) is 0 Å². The largest absolute Gasteiger partial charge is 0.512 e. The number of aliphatic hydroxyl groups excluding tert-OH is 2. The minimum atomic E-state index is -3.30. The quantitative estimate of drug-likeness (QED) is 0.491. The minimum absolute atomic E-state index is 0.303. The molecule has 0 amide bonds. The topological polar surface area (TPSA) is 94.2 Å². The Morgan fingerprint density at radius 2 is 1.30 bits per heavy atom. The molecule has 0 aliphatic carbocycles. The van der Waals surface area contributed by atoms with Crippen LogP contribution in [0.1, 0.15) is 41.0 Å².